The van der Waals surface area contributed by atoms with E-state index in [4.69, 9.17) is 9.47 Å². The van der Waals surface area contributed by atoms with Crippen molar-refractivity contribution in [1.82, 2.24) is 9.88 Å². The molecule has 2 aliphatic heterocycles. The molecule has 1 atom stereocenters. The summed E-state index contributed by atoms with van der Waals surface area (Å²) < 4.78 is 39.8. The second-order valence-corrected chi connectivity index (χ2v) is 7.53. The van der Waals surface area contributed by atoms with Crippen LogP contribution in [-0.2, 0) is 14.3 Å². The van der Waals surface area contributed by atoms with E-state index >= 15 is 0 Å². The normalized spacial score (nSPS) is 24.0. The number of aromatic nitrogens is 1. The fourth-order valence-electron chi connectivity index (χ4n) is 3.67. The molecule has 4 rings (SSSR count). The lowest BCUT2D eigenvalue weighted by Crippen LogP contribution is -2.66. The van der Waals surface area contributed by atoms with Crippen molar-refractivity contribution in [1.29, 1.82) is 0 Å². The number of anilines is 1. The first-order chi connectivity index (χ1) is 14.3. The first kappa shape index (κ1) is 20.4. The third-order valence-electron chi connectivity index (χ3n) is 5.12. The quantitative estimate of drug-likeness (QED) is 0.750. The number of rotatable bonds is 2. The summed E-state index contributed by atoms with van der Waals surface area (Å²) in [6, 6.07) is 11.5. The summed E-state index contributed by atoms with van der Waals surface area (Å²) in [5, 5.41) is 0. The summed E-state index contributed by atoms with van der Waals surface area (Å²) >= 11 is 0. The molecule has 2 amide bonds. The van der Waals surface area contributed by atoms with Crippen LogP contribution in [-0.4, -0.2) is 66.3 Å². The van der Waals surface area contributed by atoms with Gasteiger partial charge in [0.25, 0.3) is 5.91 Å². The van der Waals surface area contributed by atoms with E-state index in [1.165, 1.54) is 4.90 Å². The van der Waals surface area contributed by atoms with Gasteiger partial charge in [0.05, 0.1) is 26.3 Å². The molecule has 3 heterocycles. The minimum atomic E-state index is -4.04. The van der Waals surface area contributed by atoms with E-state index in [-0.39, 0.29) is 38.5 Å². The maximum atomic E-state index is 14.6. The first-order valence-corrected chi connectivity index (χ1v) is 9.54. The molecule has 0 aliphatic carbocycles. The smallest absolute Gasteiger partial charge is 0.376 e. The number of benzene rings is 1. The number of nitrogens with zero attached hydrogens (tertiary/aromatic N) is 3. The molecule has 0 saturated carbocycles. The van der Waals surface area contributed by atoms with Crippen molar-refractivity contribution in [3.8, 4) is 0 Å². The van der Waals surface area contributed by atoms with Crippen molar-refractivity contribution in [2.45, 2.75) is 18.6 Å². The minimum absolute atomic E-state index is 0.159. The third-order valence-corrected chi connectivity index (χ3v) is 5.12. The largest absolute Gasteiger partial charge is 0.437 e. The van der Waals surface area contributed by atoms with Gasteiger partial charge in [-0.15, -0.1) is 0 Å². The first-order valence-electron chi connectivity index (χ1n) is 9.54. The number of aryl methyl sites for hydroxylation is 1. The Morgan fingerprint density at radius 3 is 2.60 bits per heavy atom. The Morgan fingerprint density at radius 2 is 1.90 bits per heavy atom. The number of carbonyl (C=O) groups excluding carboxylic acids is 2. The summed E-state index contributed by atoms with van der Waals surface area (Å²) in [7, 11) is 0. The van der Waals surface area contributed by atoms with E-state index in [1.807, 2.05) is 6.92 Å². The topological polar surface area (TPSA) is 72.0 Å². The fourth-order valence-corrected chi connectivity index (χ4v) is 3.67. The Morgan fingerprint density at radius 1 is 1.13 bits per heavy atom. The zero-order valence-electron chi connectivity index (χ0n) is 16.4. The Labute approximate surface area is 172 Å². The second-order valence-electron chi connectivity index (χ2n) is 7.53. The van der Waals surface area contributed by atoms with Crippen molar-refractivity contribution in [3.63, 3.8) is 0 Å². The third kappa shape index (κ3) is 3.90. The van der Waals surface area contributed by atoms with Crippen molar-refractivity contribution >= 4 is 17.5 Å². The molecule has 1 aromatic heterocycles. The van der Waals surface area contributed by atoms with Crippen LogP contribution in [0.1, 0.15) is 16.1 Å². The Kier molecular flexibility index (Phi) is 5.25. The summed E-state index contributed by atoms with van der Waals surface area (Å²) in [6.45, 7) is 1.70. The number of pyridine rings is 1. The van der Waals surface area contributed by atoms with Gasteiger partial charge in [-0.3, -0.25) is 19.3 Å². The van der Waals surface area contributed by atoms with Crippen LogP contribution in [0.2, 0.25) is 0 Å². The molecule has 7 nitrogen and oxygen atoms in total. The maximum Gasteiger partial charge on any atom is 0.437 e. The van der Waals surface area contributed by atoms with Gasteiger partial charge in [-0.25, -0.2) is 0 Å². The zero-order valence-corrected chi connectivity index (χ0v) is 16.4. The van der Waals surface area contributed by atoms with E-state index in [2.05, 4.69) is 4.98 Å². The average molecular weight is 417 g/mol. The molecule has 2 saturated heterocycles. The summed E-state index contributed by atoms with van der Waals surface area (Å²) in [5.41, 5.74) is -0.151. The van der Waals surface area contributed by atoms with Crippen LogP contribution in [0.4, 0.5) is 14.5 Å². The summed E-state index contributed by atoms with van der Waals surface area (Å²) in [6.07, 6.45) is -2.48. The van der Waals surface area contributed by atoms with Crippen LogP contribution < -0.4 is 4.90 Å². The molecule has 30 heavy (non-hydrogen) atoms. The van der Waals surface area contributed by atoms with E-state index in [9.17, 15) is 18.4 Å². The van der Waals surface area contributed by atoms with Gasteiger partial charge in [-0.05, 0) is 30.7 Å². The number of alkyl halides is 2. The highest BCUT2D eigenvalue weighted by atomic mass is 19.3. The molecule has 2 aliphatic rings. The molecule has 1 spiro atoms. The molecule has 1 unspecified atom stereocenters. The Balaban J connectivity index is 1.64. The van der Waals surface area contributed by atoms with Gasteiger partial charge < -0.3 is 14.5 Å². The molecule has 2 fully saturated rings. The predicted octanol–water partition coefficient (Wildman–Crippen LogP) is 2.26. The Bertz CT molecular complexity index is 939. The lowest BCUT2D eigenvalue weighted by Gasteiger charge is -2.45. The highest BCUT2D eigenvalue weighted by molar-refractivity contribution is 5.98. The molecule has 1 aromatic carbocycles. The Hall–Kier alpha value is -2.91. The van der Waals surface area contributed by atoms with Crippen molar-refractivity contribution < 1.29 is 27.8 Å². The van der Waals surface area contributed by atoms with Gasteiger partial charge in [0.2, 0.25) is 0 Å². The van der Waals surface area contributed by atoms with Crippen LogP contribution in [0.15, 0.2) is 48.7 Å². The molecule has 0 bridgehead atoms. The number of halogens is 2. The van der Waals surface area contributed by atoms with Gasteiger partial charge in [-0.1, -0.05) is 24.3 Å². The maximum absolute atomic E-state index is 14.6. The van der Waals surface area contributed by atoms with E-state index in [1.54, 1.807) is 48.7 Å². The predicted molar refractivity (Wildman–Crippen MR) is 103 cm³/mol. The van der Waals surface area contributed by atoms with Gasteiger partial charge >= 0.3 is 12.0 Å². The number of amides is 2. The molecule has 2 aromatic rings. The van der Waals surface area contributed by atoms with Gasteiger partial charge in [-0.2, -0.15) is 8.78 Å². The van der Waals surface area contributed by atoms with Crippen molar-refractivity contribution in [2.75, 3.05) is 37.7 Å². The standard InChI is InChI=1S/C21H21F2N3O4/c1-15-7-8-17(24-11-15)18(27)25-9-10-29-14-20(12-25)13-26(16-5-3-2-4-6-16)19(28)21(22,23)30-20/h2-8,11H,9-10,12-14H2,1H3. The molecule has 0 radical (unpaired) electrons. The van der Waals surface area contributed by atoms with Gasteiger partial charge in [0.15, 0.2) is 0 Å². The van der Waals surface area contributed by atoms with E-state index in [0.717, 1.165) is 10.5 Å². The molecule has 158 valence electrons. The van der Waals surface area contributed by atoms with E-state index < -0.39 is 23.5 Å². The number of carbonyl (C=O) groups is 2. The van der Waals surface area contributed by atoms with Crippen LogP contribution in [0, 0.1) is 6.92 Å². The number of hydrogen-bond donors (Lipinski definition) is 0. The highest BCUT2D eigenvalue weighted by Crippen LogP contribution is 2.36. The minimum Gasteiger partial charge on any atom is -0.376 e. The molecular formula is C21H21F2N3O4. The van der Waals surface area contributed by atoms with Crippen LogP contribution in [0.3, 0.4) is 0 Å². The number of morpholine rings is 1. The van der Waals surface area contributed by atoms with Gasteiger partial charge in [0.1, 0.15) is 11.3 Å². The number of para-hydroxylation sites is 1. The summed E-state index contributed by atoms with van der Waals surface area (Å²) in [4.78, 5) is 31.8. The second kappa shape index (κ2) is 7.73. The number of hydrogen-bond acceptors (Lipinski definition) is 5. The zero-order chi connectivity index (χ0) is 21.4. The molecule has 9 heteroatoms. The van der Waals surface area contributed by atoms with Crippen LogP contribution in [0.5, 0.6) is 0 Å². The van der Waals surface area contributed by atoms with E-state index in [0.29, 0.717) is 5.69 Å². The lowest BCUT2D eigenvalue weighted by atomic mass is 10.00. The van der Waals surface area contributed by atoms with Crippen LogP contribution in [0.25, 0.3) is 0 Å². The van der Waals surface area contributed by atoms with Crippen molar-refractivity contribution in [3.05, 3.63) is 59.9 Å². The fraction of sp³-hybridized carbons (Fsp3) is 0.381. The highest BCUT2D eigenvalue weighted by Gasteiger charge is 2.58. The lowest BCUT2D eigenvalue weighted by molar-refractivity contribution is -0.293. The molecular weight excluding hydrogens is 396 g/mol. The van der Waals surface area contributed by atoms with Gasteiger partial charge in [0, 0.05) is 18.4 Å². The summed E-state index contributed by atoms with van der Waals surface area (Å²) in [5.74, 6) is -1.85. The number of ether oxygens (including phenoxy) is 2. The average Bonchev–Trinajstić information content (AvgIpc) is 2.93. The molecule has 0 N–H and O–H groups in total. The SMILES string of the molecule is Cc1ccc(C(=O)N2CCOCC3(C2)CN(c2ccccc2)C(=O)C(F)(F)O3)nc1. The van der Waals surface area contributed by atoms with Crippen molar-refractivity contribution in [2.24, 2.45) is 0 Å². The monoisotopic (exact) mass is 417 g/mol. The van der Waals surface area contributed by atoms with Crippen LogP contribution >= 0.6 is 0 Å².